The number of nitrogens with zero attached hydrogens (tertiary/aromatic N) is 1. The molecule has 7 heteroatoms. The first-order valence-electron chi connectivity index (χ1n) is 4.99. The van der Waals surface area contributed by atoms with Gasteiger partial charge in [0.2, 0.25) is 5.91 Å². The summed E-state index contributed by atoms with van der Waals surface area (Å²) in [4.78, 5) is 12.5. The minimum Gasteiger partial charge on any atom is -0.396 e. The lowest BCUT2D eigenvalue weighted by Crippen LogP contribution is -2.41. The highest BCUT2D eigenvalue weighted by Crippen LogP contribution is 2.37. The van der Waals surface area contributed by atoms with Crippen molar-refractivity contribution in [2.24, 2.45) is 17.6 Å². The molecule has 1 aliphatic rings. The van der Waals surface area contributed by atoms with Crippen LogP contribution in [-0.2, 0) is 4.79 Å². The first-order chi connectivity index (χ1) is 7.27. The molecule has 0 aromatic heterocycles. The van der Waals surface area contributed by atoms with E-state index in [2.05, 4.69) is 0 Å². The number of nitrogens with two attached hydrogens (primary N) is 1. The summed E-state index contributed by atoms with van der Waals surface area (Å²) in [5.74, 6) is -3.10. The fourth-order valence-electron chi connectivity index (χ4n) is 1.90. The Morgan fingerprint density at radius 3 is 2.44 bits per heavy atom. The number of halogens is 3. The van der Waals surface area contributed by atoms with E-state index in [1.54, 1.807) is 0 Å². The van der Waals surface area contributed by atoms with Crippen molar-refractivity contribution in [3.8, 4) is 0 Å². The molecule has 1 fully saturated rings. The minimum atomic E-state index is -4.39. The zero-order valence-electron chi connectivity index (χ0n) is 8.87. The zero-order valence-corrected chi connectivity index (χ0v) is 8.87. The Bertz CT molecular complexity index is 268. The van der Waals surface area contributed by atoms with Gasteiger partial charge in [0.1, 0.15) is 0 Å². The van der Waals surface area contributed by atoms with Crippen molar-refractivity contribution in [3.63, 3.8) is 0 Å². The lowest BCUT2D eigenvalue weighted by Gasteiger charge is -2.19. The quantitative estimate of drug-likeness (QED) is 0.712. The molecule has 0 radical (unpaired) electrons. The van der Waals surface area contributed by atoms with Gasteiger partial charge < -0.3 is 15.7 Å². The molecule has 0 unspecified atom stereocenters. The number of carbonyl (C=O) groups is 1. The zero-order chi connectivity index (χ0) is 12.5. The second-order valence-electron chi connectivity index (χ2n) is 4.12. The number of likely N-dealkylation sites (tertiary alicyclic amines) is 1. The van der Waals surface area contributed by atoms with Crippen LogP contribution >= 0.6 is 0 Å². The SMILES string of the molecule is C[C@H](N)C(=O)N1C[C@H](CO)[C@H](C(F)(F)F)C1. The van der Waals surface area contributed by atoms with Gasteiger partial charge in [-0.3, -0.25) is 4.79 Å². The van der Waals surface area contributed by atoms with Crippen molar-refractivity contribution in [2.75, 3.05) is 19.7 Å². The number of rotatable bonds is 2. The van der Waals surface area contributed by atoms with Crippen molar-refractivity contribution in [1.29, 1.82) is 0 Å². The summed E-state index contributed by atoms with van der Waals surface area (Å²) in [6.07, 6.45) is -4.39. The van der Waals surface area contributed by atoms with Crippen molar-refractivity contribution in [2.45, 2.75) is 19.1 Å². The van der Waals surface area contributed by atoms with Crippen LogP contribution in [0.1, 0.15) is 6.92 Å². The van der Waals surface area contributed by atoms with Crippen molar-refractivity contribution >= 4 is 5.91 Å². The molecule has 94 valence electrons. The van der Waals surface area contributed by atoms with Crippen LogP contribution in [0, 0.1) is 11.8 Å². The third-order valence-electron chi connectivity index (χ3n) is 2.80. The molecule has 3 N–H and O–H groups in total. The summed E-state index contributed by atoms with van der Waals surface area (Å²) in [7, 11) is 0. The van der Waals surface area contributed by atoms with Gasteiger partial charge in [-0.05, 0) is 6.92 Å². The molecule has 16 heavy (non-hydrogen) atoms. The first-order valence-corrected chi connectivity index (χ1v) is 4.99. The standard InChI is InChI=1S/C9H15F3N2O2/c1-5(13)8(16)14-2-6(4-15)7(3-14)9(10,11)12/h5-7,15H,2-4,13H2,1H3/t5-,6+,7+/m0/s1. The summed E-state index contributed by atoms with van der Waals surface area (Å²) in [5.41, 5.74) is 5.32. The van der Waals surface area contributed by atoms with Gasteiger partial charge >= 0.3 is 6.18 Å². The number of aliphatic hydroxyl groups is 1. The molecule has 1 saturated heterocycles. The van der Waals surface area contributed by atoms with Gasteiger partial charge in [-0.1, -0.05) is 0 Å². The summed E-state index contributed by atoms with van der Waals surface area (Å²) in [6, 6.07) is -0.814. The lowest BCUT2D eigenvalue weighted by atomic mass is 9.97. The molecule has 0 aromatic rings. The van der Waals surface area contributed by atoms with Gasteiger partial charge in [0.15, 0.2) is 0 Å². The Balaban J connectivity index is 2.74. The lowest BCUT2D eigenvalue weighted by molar-refractivity contribution is -0.183. The van der Waals surface area contributed by atoms with Crippen LogP contribution in [0.5, 0.6) is 0 Å². The number of aliphatic hydroxyl groups excluding tert-OH is 1. The third kappa shape index (κ3) is 2.65. The molecule has 4 nitrogen and oxygen atoms in total. The number of hydrogen-bond donors (Lipinski definition) is 2. The summed E-state index contributed by atoms with van der Waals surface area (Å²) in [5, 5.41) is 8.87. The van der Waals surface area contributed by atoms with Crippen LogP contribution in [0.15, 0.2) is 0 Å². The van der Waals surface area contributed by atoms with Gasteiger partial charge in [0.25, 0.3) is 0 Å². The highest BCUT2D eigenvalue weighted by Gasteiger charge is 2.50. The second kappa shape index (κ2) is 4.58. The highest BCUT2D eigenvalue weighted by molar-refractivity contribution is 5.81. The van der Waals surface area contributed by atoms with E-state index in [-0.39, 0.29) is 6.54 Å². The molecule has 1 rings (SSSR count). The molecule has 1 aliphatic heterocycles. The summed E-state index contributed by atoms with van der Waals surface area (Å²) >= 11 is 0. The van der Waals surface area contributed by atoms with Crippen LogP contribution < -0.4 is 5.73 Å². The van der Waals surface area contributed by atoms with E-state index >= 15 is 0 Å². The molecule has 0 aromatic carbocycles. The van der Waals surface area contributed by atoms with E-state index < -0.39 is 43.1 Å². The van der Waals surface area contributed by atoms with Gasteiger partial charge in [0, 0.05) is 25.6 Å². The maximum Gasteiger partial charge on any atom is 0.393 e. The normalized spacial score (nSPS) is 28.2. The van der Waals surface area contributed by atoms with E-state index in [9.17, 15) is 18.0 Å². The molecule has 1 amide bonds. The molecule has 0 aliphatic carbocycles. The fraction of sp³-hybridized carbons (Fsp3) is 0.889. The molecule has 0 spiro atoms. The smallest absolute Gasteiger partial charge is 0.393 e. The monoisotopic (exact) mass is 240 g/mol. The fourth-order valence-corrected chi connectivity index (χ4v) is 1.90. The Kier molecular flexibility index (Phi) is 3.80. The largest absolute Gasteiger partial charge is 0.396 e. The first kappa shape index (κ1) is 13.2. The van der Waals surface area contributed by atoms with Crippen molar-refractivity contribution < 1.29 is 23.1 Å². The highest BCUT2D eigenvalue weighted by atomic mass is 19.4. The van der Waals surface area contributed by atoms with E-state index in [1.165, 1.54) is 6.92 Å². The second-order valence-corrected chi connectivity index (χ2v) is 4.12. The van der Waals surface area contributed by atoms with E-state index in [0.717, 1.165) is 4.90 Å². The Hall–Kier alpha value is -0.820. The van der Waals surface area contributed by atoms with Crippen LogP contribution in [0.3, 0.4) is 0 Å². The number of alkyl halides is 3. The van der Waals surface area contributed by atoms with Gasteiger partial charge in [0.05, 0.1) is 12.0 Å². The van der Waals surface area contributed by atoms with Gasteiger partial charge in [-0.2, -0.15) is 13.2 Å². The van der Waals surface area contributed by atoms with E-state index in [0.29, 0.717) is 0 Å². The summed E-state index contributed by atoms with van der Waals surface area (Å²) < 4.78 is 37.7. The molecule has 3 atom stereocenters. The number of carbonyl (C=O) groups excluding carboxylic acids is 1. The predicted molar refractivity (Wildman–Crippen MR) is 50.4 cm³/mol. The average molecular weight is 240 g/mol. The maximum atomic E-state index is 12.6. The van der Waals surface area contributed by atoms with Crippen molar-refractivity contribution in [3.05, 3.63) is 0 Å². The average Bonchev–Trinajstić information content (AvgIpc) is 2.59. The maximum absolute atomic E-state index is 12.6. The van der Waals surface area contributed by atoms with Crippen LogP contribution in [0.4, 0.5) is 13.2 Å². The van der Waals surface area contributed by atoms with Crippen LogP contribution in [-0.4, -0.2) is 47.8 Å². The van der Waals surface area contributed by atoms with E-state index in [4.69, 9.17) is 10.8 Å². The molecule has 1 heterocycles. The molecular formula is C9H15F3N2O2. The minimum absolute atomic E-state index is 0.0823. The Morgan fingerprint density at radius 2 is 2.12 bits per heavy atom. The van der Waals surface area contributed by atoms with Crippen LogP contribution in [0.25, 0.3) is 0 Å². The van der Waals surface area contributed by atoms with Gasteiger partial charge in [-0.25, -0.2) is 0 Å². The Labute approximate surface area is 91.2 Å². The number of amides is 1. The predicted octanol–water partition coefficient (Wildman–Crippen LogP) is -0.0372. The molecule has 0 saturated carbocycles. The summed E-state index contributed by atoms with van der Waals surface area (Å²) in [6.45, 7) is 0.361. The molecule has 0 bridgehead atoms. The third-order valence-corrected chi connectivity index (χ3v) is 2.80. The van der Waals surface area contributed by atoms with Crippen molar-refractivity contribution in [1.82, 2.24) is 4.90 Å². The van der Waals surface area contributed by atoms with E-state index in [1.807, 2.05) is 0 Å². The topological polar surface area (TPSA) is 66.6 Å². The number of hydrogen-bond acceptors (Lipinski definition) is 3. The Morgan fingerprint density at radius 1 is 1.56 bits per heavy atom. The van der Waals surface area contributed by atoms with Crippen LogP contribution in [0.2, 0.25) is 0 Å². The van der Waals surface area contributed by atoms with Gasteiger partial charge in [-0.15, -0.1) is 0 Å². The molecular weight excluding hydrogens is 225 g/mol.